The molecule has 1 saturated heterocycles. The van der Waals surface area contributed by atoms with E-state index < -0.39 is 0 Å². The van der Waals surface area contributed by atoms with E-state index >= 15 is 0 Å². The van der Waals surface area contributed by atoms with Gasteiger partial charge in [-0.1, -0.05) is 12.1 Å². The molecule has 27 heavy (non-hydrogen) atoms. The van der Waals surface area contributed by atoms with Crippen LogP contribution in [-0.4, -0.2) is 52.3 Å². The van der Waals surface area contributed by atoms with Crippen molar-refractivity contribution in [3.05, 3.63) is 53.7 Å². The SMILES string of the molecule is Cc1nc(-c2cccc(NC(=O)c3coc(CN4CCOCC4)c3)c2)n[nH]1. The van der Waals surface area contributed by atoms with Gasteiger partial charge in [-0.2, -0.15) is 5.10 Å². The number of amides is 1. The van der Waals surface area contributed by atoms with Crippen molar-refractivity contribution in [2.24, 2.45) is 0 Å². The highest BCUT2D eigenvalue weighted by atomic mass is 16.5. The summed E-state index contributed by atoms with van der Waals surface area (Å²) in [5.41, 5.74) is 2.01. The van der Waals surface area contributed by atoms with Gasteiger partial charge in [0, 0.05) is 24.3 Å². The molecule has 1 aromatic carbocycles. The Labute approximate surface area is 156 Å². The van der Waals surface area contributed by atoms with Gasteiger partial charge in [0.1, 0.15) is 17.8 Å². The van der Waals surface area contributed by atoms with Crippen molar-refractivity contribution >= 4 is 11.6 Å². The van der Waals surface area contributed by atoms with Gasteiger partial charge in [0.15, 0.2) is 5.82 Å². The maximum Gasteiger partial charge on any atom is 0.258 e. The molecule has 1 aliphatic heterocycles. The number of aromatic nitrogens is 3. The van der Waals surface area contributed by atoms with E-state index in [4.69, 9.17) is 9.15 Å². The number of ether oxygens (including phenoxy) is 1. The fourth-order valence-corrected chi connectivity index (χ4v) is 2.97. The molecule has 8 heteroatoms. The van der Waals surface area contributed by atoms with Crippen molar-refractivity contribution < 1.29 is 13.9 Å². The number of H-pyrrole nitrogens is 1. The first kappa shape index (κ1) is 17.4. The summed E-state index contributed by atoms with van der Waals surface area (Å²) in [6.07, 6.45) is 1.49. The Balaban J connectivity index is 1.42. The highest BCUT2D eigenvalue weighted by Gasteiger charge is 2.15. The van der Waals surface area contributed by atoms with Crippen LogP contribution in [-0.2, 0) is 11.3 Å². The van der Waals surface area contributed by atoms with Crippen LogP contribution in [0.5, 0.6) is 0 Å². The molecule has 0 radical (unpaired) electrons. The Morgan fingerprint density at radius 1 is 1.30 bits per heavy atom. The first-order valence-electron chi connectivity index (χ1n) is 8.86. The van der Waals surface area contributed by atoms with Crippen LogP contribution in [0.4, 0.5) is 5.69 Å². The lowest BCUT2D eigenvalue weighted by atomic mass is 10.2. The zero-order chi connectivity index (χ0) is 18.6. The summed E-state index contributed by atoms with van der Waals surface area (Å²) < 4.78 is 10.9. The first-order valence-corrected chi connectivity index (χ1v) is 8.86. The lowest BCUT2D eigenvalue weighted by Gasteiger charge is -2.25. The summed E-state index contributed by atoms with van der Waals surface area (Å²) in [5.74, 6) is 1.90. The molecular formula is C19H21N5O3. The van der Waals surface area contributed by atoms with Crippen LogP contribution >= 0.6 is 0 Å². The number of rotatable bonds is 5. The van der Waals surface area contributed by atoms with Crippen LogP contribution in [0.25, 0.3) is 11.4 Å². The summed E-state index contributed by atoms with van der Waals surface area (Å²) in [6, 6.07) is 9.21. The first-order chi connectivity index (χ1) is 13.2. The number of nitrogens with zero attached hydrogens (tertiary/aromatic N) is 3. The van der Waals surface area contributed by atoms with Crippen LogP contribution < -0.4 is 5.32 Å². The number of aromatic amines is 1. The van der Waals surface area contributed by atoms with Gasteiger partial charge in [-0.15, -0.1) is 0 Å². The lowest BCUT2D eigenvalue weighted by Crippen LogP contribution is -2.35. The average Bonchev–Trinajstić information content (AvgIpc) is 3.32. The Bertz CT molecular complexity index is 927. The van der Waals surface area contributed by atoms with Gasteiger partial charge in [0.05, 0.1) is 25.3 Å². The maximum absolute atomic E-state index is 12.5. The molecule has 1 aliphatic rings. The van der Waals surface area contributed by atoms with E-state index in [2.05, 4.69) is 25.4 Å². The lowest BCUT2D eigenvalue weighted by molar-refractivity contribution is 0.0313. The van der Waals surface area contributed by atoms with E-state index in [1.807, 2.05) is 31.2 Å². The zero-order valence-corrected chi connectivity index (χ0v) is 15.1. The van der Waals surface area contributed by atoms with Gasteiger partial charge in [0.2, 0.25) is 0 Å². The minimum Gasteiger partial charge on any atom is -0.467 e. The number of furan rings is 1. The van der Waals surface area contributed by atoms with Crippen molar-refractivity contribution in [2.75, 3.05) is 31.6 Å². The Hall–Kier alpha value is -2.97. The molecule has 2 aromatic heterocycles. The Morgan fingerprint density at radius 2 is 2.15 bits per heavy atom. The zero-order valence-electron chi connectivity index (χ0n) is 15.1. The molecule has 4 rings (SSSR count). The number of hydrogen-bond acceptors (Lipinski definition) is 6. The molecule has 0 saturated carbocycles. The van der Waals surface area contributed by atoms with Gasteiger partial charge < -0.3 is 14.5 Å². The quantitative estimate of drug-likeness (QED) is 0.719. The van der Waals surface area contributed by atoms with Crippen molar-refractivity contribution in [1.29, 1.82) is 0 Å². The molecular weight excluding hydrogens is 346 g/mol. The van der Waals surface area contributed by atoms with Gasteiger partial charge in [-0.3, -0.25) is 14.8 Å². The van der Waals surface area contributed by atoms with Gasteiger partial charge in [-0.25, -0.2) is 4.98 Å². The molecule has 1 fully saturated rings. The molecule has 3 aromatic rings. The minimum absolute atomic E-state index is 0.213. The van der Waals surface area contributed by atoms with E-state index in [0.29, 0.717) is 23.6 Å². The smallest absolute Gasteiger partial charge is 0.258 e. The number of aryl methyl sites for hydroxylation is 1. The molecule has 140 valence electrons. The Kier molecular flexibility index (Phi) is 4.99. The van der Waals surface area contributed by atoms with Crippen LogP contribution in [0.15, 0.2) is 41.0 Å². The summed E-state index contributed by atoms with van der Waals surface area (Å²) in [7, 11) is 0. The number of anilines is 1. The second-order valence-corrected chi connectivity index (χ2v) is 6.47. The molecule has 0 atom stereocenters. The molecule has 2 N–H and O–H groups in total. The normalized spacial score (nSPS) is 15.0. The molecule has 0 spiro atoms. The van der Waals surface area contributed by atoms with E-state index in [1.54, 1.807) is 6.07 Å². The molecule has 0 bridgehead atoms. The van der Waals surface area contributed by atoms with Crippen molar-refractivity contribution in [2.45, 2.75) is 13.5 Å². The van der Waals surface area contributed by atoms with Crippen LogP contribution in [0.3, 0.4) is 0 Å². The Morgan fingerprint density at radius 3 is 2.93 bits per heavy atom. The number of hydrogen-bond donors (Lipinski definition) is 2. The predicted molar refractivity (Wildman–Crippen MR) is 99.3 cm³/mol. The van der Waals surface area contributed by atoms with Crippen LogP contribution in [0, 0.1) is 6.92 Å². The third-order valence-corrected chi connectivity index (χ3v) is 4.37. The topological polar surface area (TPSA) is 96.3 Å². The number of nitrogens with one attached hydrogen (secondary N) is 2. The number of carbonyl (C=O) groups is 1. The predicted octanol–water partition coefficient (Wildman–Crippen LogP) is 2.46. The summed E-state index contributed by atoms with van der Waals surface area (Å²) in [4.78, 5) is 19.1. The maximum atomic E-state index is 12.5. The number of morpholine rings is 1. The minimum atomic E-state index is -0.213. The molecule has 0 aliphatic carbocycles. The van der Waals surface area contributed by atoms with Crippen LogP contribution in [0.1, 0.15) is 21.9 Å². The molecule has 8 nitrogen and oxygen atoms in total. The van der Waals surface area contributed by atoms with E-state index in [-0.39, 0.29) is 5.91 Å². The third kappa shape index (κ3) is 4.24. The second-order valence-electron chi connectivity index (χ2n) is 6.47. The van der Waals surface area contributed by atoms with Gasteiger partial charge in [0.25, 0.3) is 5.91 Å². The second kappa shape index (κ2) is 7.73. The third-order valence-electron chi connectivity index (χ3n) is 4.37. The van der Waals surface area contributed by atoms with E-state index in [1.165, 1.54) is 6.26 Å². The highest BCUT2D eigenvalue weighted by Crippen LogP contribution is 2.20. The van der Waals surface area contributed by atoms with Crippen molar-refractivity contribution in [1.82, 2.24) is 20.1 Å². The largest absolute Gasteiger partial charge is 0.467 e. The van der Waals surface area contributed by atoms with Crippen molar-refractivity contribution in [3.8, 4) is 11.4 Å². The van der Waals surface area contributed by atoms with E-state index in [0.717, 1.165) is 43.5 Å². The fourth-order valence-electron chi connectivity index (χ4n) is 2.97. The van der Waals surface area contributed by atoms with Crippen molar-refractivity contribution in [3.63, 3.8) is 0 Å². The standard InChI is InChI=1S/C19H21N5O3/c1-13-20-18(23-22-13)14-3-2-4-16(9-14)21-19(25)15-10-17(27-12-15)11-24-5-7-26-8-6-24/h2-4,9-10,12H,5-8,11H2,1H3,(H,21,25)(H,20,22,23). The average molecular weight is 367 g/mol. The van der Waals surface area contributed by atoms with Gasteiger partial charge in [-0.05, 0) is 25.1 Å². The molecule has 1 amide bonds. The number of carbonyl (C=O) groups excluding carboxylic acids is 1. The monoisotopic (exact) mass is 367 g/mol. The van der Waals surface area contributed by atoms with E-state index in [9.17, 15) is 4.79 Å². The number of benzene rings is 1. The van der Waals surface area contributed by atoms with Crippen LogP contribution in [0.2, 0.25) is 0 Å². The molecule has 0 unspecified atom stereocenters. The summed E-state index contributed by atoms with van der Waals surface area (Å²) >= 11 is 0. The highest BCUT2D eigenvalue weighted by molar-refractivity contribution is 6.04. The summed E-state index contributed by atoms with van der Waals surface area (Å²) in [5, 5.41) is 9.86. The fraction of sp³-hybridized carbons (Fsp3) is 0.316. The van der Waals surface area contributed by atoms with Gasteiger partial charge >= 0.3 is 0 Å². The molecule has 3 heterocycles. The summed E-state index contributed by atoms with van der Waals surface area (Å²) in [6.45, 7) is 5.72.